The number of nitrogens with zero attached hydrogens (tertiary/aromatic N) is 1. The maximum absolute atomic E-state index is 13.0. The summed E-state index contributed by atoms with van der Waals surface area (Å²) in [4.78, 5) is 23.3. The molecule has 0 bridgehead atoms. The number of amides is 1. The summed E-state index contributed by atoms with van der Waals surface area (Å²) in [6.45, 7) is 4.84. The molecule has 0 aromatic rings. The number of carbonyl (C=O) groups excluding carboxylic acids is 1. The van der Waals surface area contributed by atoms with Gasteiger partial charge < -0.3 is 19.8 Å². The average Bonchev–Trinajstić information content (AvgIpc) is 3.37. The molecule has 9 heteroatoms. The molecule has 3 atom stereocenters. The van der Waals surface area contributed by atoms with Crippen LogP contribution in [-0.2, 0) is 18.4 Å². The Bertz CT molecular complexity index is 1320. The molecule has 0 radical (unpaired) electrons. The van der Waals surface area contributed by atoms with Crippen LogP contribution in [0.3, 0.4) is 0 Å². The standard InChI is InChI=1S/C66H129N2O6P/c1-6-8-10-12-14-16-18-20-22-24-26-28-29-30-31-32-33-34-35-36-37-38-40-41-43-45-47-49-51-53-55-57-59-65(69)64(63-74-75(71,72)73-62-61-68(3,4)5)67-66(70)60-58-56-54-52-50-48-46-44-42-39-27-25-23-21-19-17-15-13-11-9-7-2/h25,27,49,51,57,59,64-65,69H,6-24,26,28-48,50,52-56,58,60-63H2,1-5H3,(H-,67,70,71,72)/p+1/b27-25-,51-49+,59-57+. The molecule has 0 saturated carbocycles. The maximum Gasteiger partial charge on any atom is 0.472 e. The van der Waals surface area contributed by atoms with E-state index in [1.807, 2.05) is 27.2 Å². The van der Waals surface area contributed by atoms with Crippen LogP contribution in [0.5, 0.6) is 0 Å². The number of allylic oxidation sites excluding steroid dienone is 5. The number of aliphatic hydroxyl groups excluding tert-OH is 1. The van der Waals surface area contributed by atoms with Crippen LogP contribution < -0.4 is 5.32 Å². The first-order valence-electron chi connectivity index (χ1n) is 32.9. The largest absolute Gasteiger partial charge is 0.472 e. The van der Waals surface area contributed by atoms with Crippen molar-refractivity contribution in [2.75, 3.05) is 40.9 Å². The van der Waals surface area contributed by atoms with Gasteiger partial charge in [-0.25, -0.2) is 4.57 Å². The molecule has 0 rings (SSSR count). The fourth-order valence-corrected chi connectivity index (χ4v) is 10.7. The van der Waals surface area contributed by atoms with Crippen molar-refractivity contribution in [1.82, 2.24) is 5.32 Å². The van der Waals surface area contributed by atoms with Gasteiger partial charge in [-0.05, 0) is 57.8 Å². The molecule has 0 aliphatic carbocycles. The van der Waals surface area contributed by atoms with Crippen LogP contribution in [0.2, 0.25) is 0 Å². The average molecular weight is 1080 g/mol. The molecule has 0 aromatic carbocycles. The van der Waals surface area contributed by atoms with E-state index in [2.05, 4.69) is 43.5 Å². The third-order valence-electron chi connectivity index (χ3n) is 15.1. The molecule has 0 fully saturated rings. The van der Waals surface area contributed by atoms with Gasteiger partial charge in [-0.1, -0.05) is 301 Å². The lowest BCUT2D eigenvalue weighted by molar-refractivity contribution is -0.870. The Hall–Kier alpha value is -1.28. The lowest BCUT2D eigenvalue weighted by Crippen LogP contribution is -2.45. The minimum absolute atomic E-state index is 0.0566. The smallest absolute Gasteiger partial charge is 0.387 e. The summed E-state index contributed by atoms with van der Waals surface area (Å²) in [5, 5.41) is 14.0. The minimum atomic E-state index is -4.36. The number of aliphatic hydroxyl groups is 1. The molecule has 0 aromatic heterocycles. The van der Waals surface area contributed by atoms with E-state index in [0.29, 0.717) is 17.4 Å². The van der Waals surface area contributed by atoms with Crippen LogP contribution >= 0.6 is 7.82 Å². The Labute approximate surface area is 467 Å². The first-order valence-corrected chi connectivity index (χ1v) is 34.4. The number of phosphoric acid groups is 1. The van der Waals surface area contributed by atoms with E-state index in [1.54, 1.807) is 6.08 Å². The van der Waals surface area contributed by atoms with E-state index < -0.39 is 20.0 Å². The topological polar surface area (TPSA) is 105 Å². The Morgan fingerprint density at radius 2 is 0.733 bits per heavy atom. The fourth-order valence-electron chi connectivity index (χ4n) is 9.94. The summed E-state index contributed by atoms with van der Waals surface area (Å²) in [5.74, 6) is -0.185. The van der Waals surface area contributed by atoms with Gasteiger partial charge in [-0.3, -0.25) is 13.8 Å². The Morgan fingerprint density at radius 1 is 0.440 bits per heavy atom. The predicted octanol–water partition coefficient (Wildman–Crippen LogP) is 20.5. The van der Waals surface area contributed by atoms with Gasteiger partial charge >= 0.3 is 7.82 Å². The van der Waals surface area contributed by atoms with Gasteiger partial charge in [0, 0.05) is 6.42 Å². The highest BCUT2D eigenvalue weighted by Gasteiger charge is 2.28. The first-order chi connectivity index (χ1) is 36.5. The molecule has 0 heterocycles. The second-order valence-electron chi connectivity index (χ2n) is 23.8. The van der Waals surface area contributed by atoms with Gasteiger partial charge in [0.25, 0.3) is 0 Å². The van der Waals surface area contributed by atoms with Gasteiger partial charge in [0.2, 0.25) is 5.91 Å². The summed E-state index contributed by atoms with van der Waals surface area (Å²) in [7, 11) is 1.56. The molecular weight excluding hydrogens is 948 g/mol. The van der Waals surface area contributed by atoms with Crippen LogP contribution in [0.1, 0.15) is 328 Å². The second kappa shape index (κ2) is 57.4. The summed E-state index contributed by atoms with van der Waals surface area (Å²) in [6.07, 6.45) is 75.7. The normalized spacial score (nSPS) is 14.0. The summed E-state index contributed by atoms with van der Waals surface area (Å²) in [6, 6.07) is -0.865. The van der Waals surface area contributed by atoms with Crippen molar-refractivity contribution in [3.63, 3.8) is 0 Å². The van der Waals surface area contributed by atoms with E-state index >= 15 is 0 Å². The molecule has 75 heavy (non-hydrogen) atoms. The SMILES string of the molecule is CCCCCCCCCC/C=C\CCCCCCCCCCCC(=O)NC(COP(=O)(O)OCC[N+](C)(C)C)C(O)/C=C/CC/C=C/CCCCCCCCCCCCCCCCCCCCCCCCCCCC. The van der Waals surface area contributed by atoms with E-state index in [-0.39, 0.29) is 19.1 Å². The van der Waals surface area contributed by atoms with Crippen molar-refractivity contribution in [2.24, 2.45) is 0 Å². The van der Waals surface area contributed by atoms with Crippen molar-refractivity contribution in [2.45, 2.75) is 341 Å². The second-order valence-corrected chi connectivity index (χ2v) is 25.3. The number of likely N-dealkylation sites (N-methyl/N-ethyl adjacent to an activating group) is 1. The van der Waals surface area contributed by atoms with Crippen molar-refractivity contribution < 1.29 is 32.9 Å². The molecule has 3 N–H and O–H groups in total. The van der Waals surface area contributed by atoms with E-state index in [0.717, 1.165) is 38.5 Å². The number of unbranched alkanes of at least 4 members (excludes halogenated alkanes) is 44. The quantitative estimate of drug-likeness (QED) is 0.0243. The van der Waals surface area contributed by atoms with Crippen molar-refractivity contribution in [3.8, 4) is 0 Å². The molecule has 3 unspecified atom stereocenters. The minimum Gasteiger partial charge on any atom is -0.387 e. The number of phosphoric ester groups is 1. The zero-order valence-electron chi connectivity index (χ0n) is 50.8. The first kappa shape index (κ1) is 73.7. The van der Waals surface area contributed by atoms with Crippen molar-refractivity contribution >= 4 is 13.7 Å². The summed E-state index contributed by atoms with van der Waals surface area (Å²) in [5.41, 5.74) is 0. The molecule has 1 amide bonds. The lowest BCUT2D eigenvalue weighted by Gasteiger charge is -2.25. The van der Waals surface area contributed by atoms with Crippen LogP contribution in [0.4, 0.5) is 0 Å². The third-order valence-corrected chi connectivity index (χ3v) is 16.1. The molecule has 8 nitrogen and oxygen atoms in total. The zero-order chi connectivity index (χ0) is 54.9. The number of hydrogen-bond donors (Lipinski definition) is 3. The van der Waals surface area contributed by atoms with E-state index in [4.69, 9.17) is 9.05 Å². The molecule has 0 spiro atoms. The van der Waals surface area contributed by atoms with E-state index in [1.165, 1.54) is 270 Å². The Kier molecular flexibility index (Phi) is 56.4. The summed E-state index contributed by atoms with van der Waals surface area (Å²) >= 11 is 0. The van der Waals surface area contributed by atoms with E-state index in [9.17, 15) is 19.4 Å². The van der Waals surface area contributed by atoms with Crippen LogP contribution in [-0.4, -0.2) is 73.4 Å². The van der Waals surface area contributed by atoms with Gasteiger partial charge in [0.1, 0.15) is 13.2 Å². The van der Waals surface area contributed by atoms with Crippen LogP contribution in [0, 0.1) is 0 Å². The Morgan fingerprint density at radius 3 is 1.07 bits per heavy atom. The van der Waals surface area contributed by atoms with Gasteiger partial charge in [0.15, 0.2) is 0 Å². The highest BCUT2D eigenvalue weighted by atomic mass is 31.2. The van der Waals surface area contributed by atoms with Crippen molar-refractivity contribution in [3.05, 3.63) is 36.5 Å². The van der Waals surface area contributed by atoms with Gasteiger partial charge in [-0.15, -0.1) is 0 Å². The highest BCUT2D eigenvalue weighted by molar-refractivity contribution is 7.47. The monoisotopic (exact) mass is 1080 g/mol. The molecular formula is C66H130N2O6P+. The maximum atomic E-state index is 13.0. The highest BCUT2D eigenvalue weighted by Crippen LogP contribution is 2.43. The third kappa shape index (κ3) is 60.2. The van der Waals surface area contributed by atoms with Gasteiger partial charge in [0.05, 0.1) is 39.9 Å². The number of rotatable bonds is 61. The number of hydrogen-bond acceptors (Lipinski definition) is 5. The van der Waals surface area contributed by atoms with Gasteiger partial charge in [-0.2, -0.15) is 0 Å². The van der Waals surface area contributed by atoms with Crippen LogP contribution in [0.25, 0.3) is 0 Å². The zero-order valence-corrected chi connectivity index (χ0v) is 51.7. The Balaban J connectivity index is 4.11. The predicted molar refractivity (Wildman–Crippen MR) is 328 cm³/mol. The number of nitrogens with one attached hydrogen (secondary N) is 1. The molecule has 444 valence electrons. The molecule has 0 saturated heterocycles. The lowest BCUT2D eigenvalue weighted by atomic mass is 10.0. The number of quaternary nitrogens is 1. The van der Waals surface area contributed by atoms with Crippen LogP contribution in [0.15, 0.2) is 36.5 Å². The molecule has 0 aliphatic heterocycles. The fraction of sp³-hybridized carbons (Fsp3) is 0.894. The summed E-state index contributed by atoms with van der Waals surface area (Å²) < 4.78 is 23.8. The molecule has 0 aliphatic rings. The van der Waals surface area contributed by atoms with Crippen molar-refractivity contribution in [1.29, 1.82) is 0 Å². The number of carbonyl (C=O) groups is 1.